The van der Waals surface area contributed by atoms with Gasteiger partial charge in [0.15, 0.2) is 11.6 Å². The van der Waals surface area contributed by atoms with Crippen molar-refractivity contribution in [3.63, 3.8) is 0 Å². The highest BCUT2D eigenvalue weighted by molar-refractivity contribution is 5.02. The molecule has 1 rings (SSSR count). The lowest BCUT2D eigenvalue weighted by molar-refractivity contribution is 0.00871. The number of hydrogen-bond donors (Lipinski definition) is 1. The Kier molecular flexibility index (Phi) is 2.68. The molecule has 0 aliphatic carbocycles. The summed E-state index contributed by atoms with van der Waals surface area (Å²) < 4.78 is 7.00. The highest BCUT2D eigenvalue weighted by atomic mass is 16.5. The molecule has 1 aromatic rings. The van der Waals surface area contributed by atoms with Gasteiger partial charge in [0.1, 0.15) is 12.2 Å². The van der Waals surface area contributed by atoms with Gasteiger partial charge in [-0.3, -0.25) is 0 Å². The summed E-state index contributed by atoms with van der Waals surface area (Å²) in [5.74, 6) is 1.25. The van der Waals surface area contributed by atoms with Crippen LogP contribution in [0.25, 0.3) is 0 Å². The first-order chi connectivity index (χ1) is 6.03. The third-order valence-electron chi connectivity index (χ3n) is 2.16. The summed E-state index contributed by atoms with van der Waals surface area (Å²) in [5, 5.41) is 16.7. The summed E-state index contributed by atoms with van der Waals surface area (Å²) in [5.41, 5.74) is -0.477. The van der Waals surface area contributed by atoms with E-state index in [1.807, 2.05) is 20.9 Å². The van der Waals surface area contributed by atoms with Crippen LogP contribution in [0, 0.1) is 0 Å². The van der Waals surface area contributed by atoms with Crippen LogP contribution in [-0.2, 0) is 24.0 Å². The second-order valence-corrected chi connectivity index (χ2v) is 3.37. The molecule has 1 heterocycles. The summed E-state index contributed by atoms with van der Waals surface area (Å²) in [4.78, 5) is 0. The van der Waals surface area contributed by atoms with E-state index in [1.54, 1.807) is 11.7 Å². The molecule has 5 nitrogen and oxygen atoms in total. The Morgan fingerprint density at radius 1 is 1.46 bits per heavy atom. The lowest BCUT2D eigenvalue weighted by Crippen LogP contribution is -2.24. The number of aromatic nitrogens is 3. The maximum Gasteiger partial charge on any atom is 0.164 e. The molecule has 1 N–H and O–H groups in total. The molecule has 0 saturated carbocycles. The molecule has 13 heavy (non-hydrogen) atoms. The quantitative estimate of drug-likeness (QED) is 0.730. The Bertz CT molecular complexity index is 294. The van der Waals surface area contributed by atoms with Crippen LogP contribution in [0.2, 0.25) is 0 Å². The summed E-state index contributed by atoms with van der Waals surface area (Å²) in [6, 6.07) is 0. The molecule has 0 aromatic carbocycles. The zero-order valence-electron chi connectivity index (χ0n) is 8.40. The maximum atomic E-state index is 8.91. The van der Waals surface area contributed by atoms with Gasteiger partial charge in [0.25, 0.3) is 0 Å². The molecule has 0 amide bonds. The van der Waals surface area contributed by atoms with Crippen LogP contribution in [0.15, 0.2) is 0 Å². The van der Waals surface area contributed by atoms with Crippen molar-refractivity contribution in [1.29, 1.82) is 0 Å². The number of hydrogen-bond acceptors (Lipinski definition) is 4. The van der Waals surface area contributed by atoms with Gasteiger partial charge < -0.3 is 14.4 Å². The summed E-state index contributed by atoms with van der Waals surface area (Å²) in [6.45, 7) is 3.69. The van der Waals surface area contributed by atoms with Gasteiger partial charge in [-0.05, 0) is 13.8 Å². The Hall–Kier alpha value is -0.940. The molecule has 0 bridgehead atoms. The number of rotatable bonds is 3. The van der Waals surface area contributed by atoms with Gasteiger partial charge in [-0.1, -0.05) is 0 Å². The van der Waals surface area contributed by atoms with Gasteiger partial charge >= 0.3 is 0 Å². The number of aliphatic hydroxyl groups is 1. The molecule has 0 radical (unpaired) electrons. The van der Waals surface area contributed by atoms with E-state index in [0.717, 1.165) is 0 Å². The SMILES string of the molecule is COC(C)(C)c1nnc(CO)n1C. The molecule has 0 spiro atoms. The van der Waals surface area contributed by atoms with E-state index in [1.165, 1.54) is 0 Å². The molecular weight excluding hydrogens is 170 g/mol. The monoisotopic (exact) mass is 185 g/mol. The molecule has 0 aliphatic heterocycles. The number of aliphatic hydroxyl groups excluding tert-OH is 1. The third kappa shape index (κ3) is 1.71. The van der Waals surface area contributed by atoms with Crippen molar-refractivity contribution < 1.29 is 9.84 Å². The molecule has 0 atom stereocenters. The topological polar surface area (TPSA) is 60.2 Å². The van der Waals surface area contributed by atoms with Crippen molar-refractivity contribution >= 4 is 0 Å². The van der Waals surface area contributed by atoms with Crippen LogP contribution >= 0.6 is 0 Å². The van der Waals surface area contributed by atoms with Crippen molar-refractivity contribution in [2.75, 3.05) is 7.11 Å². The van der Waals surface area contributed by atoms with E-state index in [-0.39, 0.29) is 6.61 Å². The fourth-order valence-electron chi connectivity index (χ4n) is 1.11. The zero-order chi connectivity index (χ0) is 10.1. The fraction of sp³-hybridized carbons (Fsp3) is 0.750. The van der Waals surface area contributed by atoms with E-state index in [2.05, 4.69) is 10.2 Å². The molecule has 0 aliphatic rings. The van der Waals surface area contributed by atoms with Gasteiger partial charge in [0, 0.05) is 14.2 Å². The van der Waals surface area contributed by atoms with Crippen LogP contribution < -0.4 is 0 Å². The summed E-state index contributed by atoms with van der Waals surface area (Å²) in [7, 11) is 3.43. The molecule has 0 saturated heterocycles. The molecule has 0 unspecified atom stereocenters. The highest BCUT2D eigenvalue weighted by Crippen LogP contribution is 2.21. The first kappa shape index (κ1) is 10.1. The largest absolute Gasteiger partial charge is 0.388 e. The van der Waals surface area contributed by atoms with Crippen LogP contribution in [-0.4, -0.2) is 27.0 Å². The Morgan fingerprint density at radius 3 is 2.46 bits per heavy atom. The lowest BCUT2D eigenvalue weighted by atomic mass is 10.1. The minimum Gasteiger partial charge on any atom is -0.388 e. The van der Waals surface area contributed by atoms with Gasteiger partial charge in [-0.25, -0.2) is 0 Å². The van der Waals surface area contributed by atoms with Gasteiger partial charge in [0.05, 0.1) is 0 Å². The zero-order valence-corrected chi connectivity index (χ0v) is 8.40. The minimum atomic E-state index is -0.477. The summed E-state index contributed by atoms with van der Waals surface area (Å²) >= 11 is 0. The predicted molar refractivity (Wildman–Crippen MR) is 47.0 cm³/mol. The summed E-state index contributed by atoms with van der Waals surface area (Å²) in [6.07, 6.45) is 0. The Labute approximate surface area is 77.4 Å². The van der Waals surface area contributed by atoms with Crippen molar-refractivity contribution in [3.05, 3.63) is 11.6 Å². The first-order valence-corrected chi connectivity index (χ1v) is 4.07. The first-order valence-electron chi connectivity index (χ1n) is 4.07. The Morgan fingerprint density at radius 2 is 2.08 bits per heavy atom. The Balaban J connectivity index is 3.09. The van der Waals surface area contributed by atoms with Gasteiger partial charge in [0.2, 0.25) is 0 Å². The minimum absolute atomic E-state index is 0.108. The molecule has 5 heteroatoms. The molecular formula is C8H15N3O2. The van der Waals surface area contributed by atoms with Crippen LogP contribution in [0.3, 0.4) is 0 Å². The number of methoxy groups -OCH3 is 1. The van der Waals surface area contributed by atoms with Crippen molar-refractivity contribution in [2.45, 2.75) is 26.1 Å². The standard InChI is InChI=1S/C8H15N3O2/c1-8(2,13-4)7-10-9-6(5-12)11(7)3/h12H,5H2,1-4H3. The third-order valence-corrected chi connectivity index (χ3v) is 2.16. The van der Waals surface area contributed by atoms with Gasteiger partial charge in [-0.15, -0.1) is 10.2 Å². The average molecular weight is 185 g/mol. The van der Waals surface area contributed by atoms with Crippen LogP contribution in [0.4, 0.5) is 0 Å². The average Bonchev–Trinajstić information content (AvgIpc) is 2.47. The van der Waals surface area contributed by atoms with E-state index in [9.17, 15) is 0 Å². The van der Waals surface area contributed by atoms with Crippen molar-refractivity contribution in [3.8, 4) is 0 Å². The fourth-order valence-corrected chi connectivity index (χ4v) is 1.11. The molecule has 1 aromatic heterocycles. The van der Waals surface area contributed by atoms with Crippen molar-refractivity contribution in [1.82, 2.24) is 14.8 Å². The van der Waals surface area contributed by atoms with Crippen LogP contribution in [0.5, 0.6) is 0 Å². The normalized spacial score (nSPS) is 12.1. The second-order valence-electron chi connectivity index (χ2n) is 3.37. The maximum absolute atomic E-state index is 8.91. The van der Waals surface area contributed by atoms with E-state index < -0.39 is 5.60 Å². The van der Waals surface area contributed by atoms with E-state index >= 15 is 0 Å². The number of ether oxygens (including phenoxy) is 1. The highest BCUT2D eigenvalue weighted by Gasteiger charge is 2.26. The van der Waals surface area contributed by atoms with Gasteiger partial charge in [-0.2, -0.15) is 0 Å². The van der Waals surface area contributed by atoms with Crippen LogP contribution in [0.1, 0.15) is 25.5 Å². The predicted octanol–water partition coefficient (Wildman–Crippen LogP) is 0.189. The second kappa shape index (κ2) is 3.43. The number of nitrogens with zero attached hydrogens (tertiary/aromatic N) is 3. The molecule has 74 valence electrons. The molecule has 0 fully saturated rings. The van der Waals surface area contributed by atoms with E-state index in [0.29, 0.717) is 11.6 Å². The van der Waals surface area contributed by atoms with E-state index in [4.69, 9.17) is 9.84 Å². The smallest absolute Gasteiger partial charge is 0.164 e. The van der Waals surface area contributed by atoms with Crippen molar-refractivity contribution in [2.24, 2.45) is 7.05 Å². The lowest BCUT2D eigenvalue weighted by Gasteiger charge is -2.21.